The van der Waals surface area contributed by atoms with Crippen LogP contribution in [0.2, 0.25) is 0 Å². The van der Waals surface area contributed by atoms with Gasteiger partial charge in [0.1, 0.15) is 6.61 Å². The summed E-state index contributed by atoms with van der Waals surface area (Å²) in [6, 6.07) is 19.7. The Morgan fingerprint density at radius 1 is 1.03 bits per heavy atom. The van der Waals surface area contributed by atoms with E-state index < -0.39 is 0 Å². The number of carbonyl (C=O) groups is 1. The molecule has 0 bridgehead atoms. The number of aryl methyl sites for hydroxylation is 1. The van der Waals surface area contributed by atoms with E-state index in [1.165, 1.54) is 11.8 Å². The zero-order valence-electron chi connectivity index (χ0n) is 20.1. The molecule has 0 spiro atoms. The van der Waals surface area contributed by atoms with Gasteiger partial charge in [0.15, 0.2) is 34.4 Å². The first kappa shape index (κ1) is 23.2. The molecule has 0 aliphatic carbocycles. The number of thioether (sulfide) groups is 1. The minimum Gasteiger partial charge on any atom is -0.486 e. The van der Waals surface area contributed by atoms with Gasteiger partial charge in [0.25, 0.3) is 0 Å². The summed E-state index contributed by atoms with van der Waals surface area (Å²) in [5, 5.41) is 9.48. The van der Waals surface area contributed by atoms with Crippen LogP contribution in [0.25, 0.3) is 11.4 Å². The van der Waals surface area contributed by atoms with E-state index >= 15 is 0 Å². The van der Waals surface area contributed by atoms with Crippen LogP contribution in [0.5, 0.6) is 11.5 Å². The van der Waals surface area contributed by atoms with E-state index in [-0.39, 0.29) is 11.9 Å². The zero-order valence-corrected chi connectivity index (χ0v) is 20.9. The molecule has 7 nitrogen and oxygen atoms in total. The van der Waals surface area contributed by atoms with Crippen molar-refractivity contribution in [3.63, 3.8) is 0 Å². The van der Waals surface area contributed by atoms with Gasteiger partial charge in [-0.15, -0.1) is 10.2 Å². The number of Topliss-reactive ketones (excluding diaryl/α,β-unsaturated/α-hetero) is 1. The van der Waals surface area contributed by atoms with Gasteiger partial charge in [0.2, 0.25) is 0 Å². The molecule has 4 aromatic rings. The molecule has 8 heteroatoms. The Bertz CT molecular complexity index is 1350. The van der Waals surface area contributed by atoms with Crippen LogP contribution < -0.4 is 9.47 Å². The minimum absolute atomic E-state index is 0.0763. The molecule has 1 unspecified atom stereocenters. The van der Waals surface area contributed by atoms with E-state index in [4.69, 9.17) is 9.47 Å². The molecule has 180 valence electrons. The Balaban J connectivity index is 1.27. The van der Waals surface area contributed by atoms with Crippen LogP contribution in [0.3, 0.4) is 0 Å². The topological polar surface area (TPSA) is 71.2 Å². The number of ether oxygens (including phenoxy) is 2. The van der Waals surface area contributed by atoms with E-state index in [1.54, 1.807) is 0 Å². The number of para-hydroxylation sites is 2. The summed E-state index contributed by atoms with van der Waals surface area (Å²) in [4.78, 5) is 13.2. The Morgan fingerprint density at radius 3 is 2.54 bits per heavy atom. The average molecular weight is 489 g/mol. The van der Waals surface area contributed by atoms with Crippen LogP contribution in [0.4, 0.5) is 0 Å². The third kappa shape index (κ3) is 4.71. The third-order valence-electron chi connectivity index (χ3n) is 6.23. The van der Waals surface area contributed by atoms with Crippen LogP contribution in [-0.4, -0.2) is 43.6 Å². The highest BCUT2D eigenvalue weighted by Crippen LogP contribution is 2.32. The monoisotopic (exact) mass is 488 g/mol. The molecular weight excluding hydrogens is 460 g/mol. The summed E-state index contributed by atoms with van der Waals surface area (Å²) in [6.45, 7) is 7.90. The van der Waals surface area contributed by atoms with Gasteiger partial charge in [-0.25, -0.2) is 0 Å². The second-order valence-electron chi connectivity index (χ2n) is 8.52. The van der Waals surface area contributed by atoms with E-state index in [0.717, 1.165) is 51.5 Å². The van der Waals surface area contributed by atoms with Gasteiger partial charge in [-0.1, -0.05) is 54.2 Å². The van der Waals surface area contributed by atoms with E-state index in [9.17, 15) is 4.79 Å². The molecule has 0 radical (unpaired) electrons. The van der Waals surface area contributed by atoms with Gasteiger partial charge < -0.3 is 18.6 Å². The van der Waals surface area contributed by atoms with E-state index in [1.807, 2.05) is 74.5 Å². The SMILES string of the molecule is CCn1c(SCC(=O)c2cc(C)n(CC3COc4ccccc4O3)c2C)nnc1-c1ccccc1. The maximum atomic E-state index is 13.2. The normalized spacial score (nSPS) is 14.8. The number of fused-ring (bicyclic) bond motifs is 1. The first-order valence-corrected chi connectivity index (χ1v) is 12.7. The third-order valence-corrected chi connectivity index (χ3v) is 7.19. The maximum absolute atomic E-state index is 13.2. The summed E-state index contributed by atoms with van der Waals surface area (Å²) in [7, 11) is 0. The van der Waals surface area contributed by atoms with Crippen molar-refractivity contribution in [1.29, 1.82) is 0 Å². The molecule has 2 aromatic heterocycles. The first-order valence-electron chi connectivity index (χ1n) is 11.7. The highest BCUT2D eigenvalue weighted by atomic mass is 32.2. The number of nitrogens with zero attached hydrogens (tertiary/aromatic N) is 4. The summed E-state index contributed by atoms with van der Waals surface area (Å²) < 4.78 is 16.2. The fraction of sp³-hybridized carbons (Fsp3) is 0.296. The van der Waals surface area contributed by atoms with Crippen molar-refractivity contribution in [2.45, 2.75) is 45.1 Å². The minimum atomic E-state index is -0.119. The highest BCUT2D eigenvalue weighted by Gasteiger charge is 2.24. The maximum Gasteiger partial charge on any atom is 0.191 e. The fourth-order valence-electron chi connectivity index (χ4n) is 4.41. The van der Waals surface area contributed by atoms with Crippen molar-refractivity contribution >= 4 is 17.5 Å². The number of ketones is 1. The summed E-state index contributed by atoms with van der Waals surface area (Å²) >= 11 is 1.43. The standard InChI is InChI=1S/C27H28N4O3S/c1-4-30-26(20-10-6-5-7-11-20)28-29-27(30)35-17-23(32)22-14-18(2)31(19(22)3)15-21-16-33-24-12-8-9-13-25(24)34-21/h5-14,21H,4,15-17H2,1-3H3. The van der Waals surface area contributed by atoms with Crippen molar-refractivity contribution in [2.24, 2.45) is 0 Å². The van der Waals surface area contributed by atoms with Crippen LogP contribution in [0, 0.1) is 13.8 Å². The summed E-state index contributed by atoms with van der Waals surface area (Å²) in [6.07, 6.45) is -0.119. The predicted molar refractivity (Wildman–Crippen MR) is 136 cm³/mol. The second-order valence-corrected chi connectivity index (χ2v) is 9.46. The van der Waals surface area contributed by atoms with Crippen molar-refractivity contribution in [3.8, 4) is 22.9 Å². The zero-order chi connectivity index (χ0) is 24.4. The largest absolute Gasteiger partial charge is 0.486 e. The van der Waals surface area contributed by atoms with Crippen LogP contribution in [0.15, 0.2) is 65.8 Å². The predicted octanol–water partition coefficient (Wildman–Crippen LogP) is 5.20. The van der Waals surface area contributed by atoms with Gasteiger partial charge in [-0.2, -0.15) is 0 Å². The van der Waals surface area contributed by atoms with Crippen molar-refractivity contribution in [2.75, 3.05) is 12.4 Å². The molecular formula is C27H28N4O3S. The highest BCUT2D eigenvalue weighted by molar-refractivity contribution is 7.99. The molecule has 2 aromatic carbocycles. The molecule has 0 amide bonds. The number of aromatic nitrogens is 4. The number of carbonyl (C=O) groups excluding carboxylic acids is 1. The van der Waals surface area contributed by atoms with Crippen LogP contribution >= 0.6 is 11.8 Å². The molecule has 0 N–H and O–H groups in total. The van der Waals surface area contributed by atoms with Gasteiger partial charge in [-0.05, 0) is 39.0 Å². The Morgan fingerprint density at radius 2 is 1.77 bits per heavy atom. The van der Waals surface area contributed by atoms with Gasteiger partial charge in [0.05, 0.1) is 12.3 Å². The Labute approximate surface area is 209 Å². The Kier molecular flexibility index (Phi) is 6.63. The molecule has 0 fully saturated rings. The van der Waals surface area contributed by atoms with E-state index in [2.05, 4.69) is 26.3 Å². The number of hydrogen-bond donors (Lipinski definition) is 0. The molecule has 3 heterocycles. The van der Waals surface area contributed by atoms with Crippen molar-refractivity contribution < 1.29 is 14.3 Å². The summed E-state index contributed by atoms with van der Waals surface area (Å²) in [5.41, 5.74) is 3.72. The fourth-order valence-corrected chi connectivity index (χ4v) is 5.30. The quantitative estimate of drug-likeness (QED) is 0.251. The number of hydrogen-bond acceptors (Lipinski definition) is 6. The average Bonchev–Trinajstić information content (AvgIpc) is 3.43. The number of benzene rings is 2. The number of rotatable bonds is 8. The molecule has 0 saturated heterocycles. The molecule has 0 saturated carbocycles. The van der Waals surface area contributed by atoms with Crippen LogP contribution in [-0.2, 0) is 13.1 Å². The molecule has 1 aliphatic rings. The lowest BCUT2D eigenvalue weighted by molar-refractivity contribution is 0.0777. The Hall–Kier alpha value is -3.52. The lowest BCUT2D eigenvalue weighted by atomic mass is 10.2. The first-order chi connectivity index (χ1) is 17.0. The smallest absolute Gasteiger partial charge is 0.191 e. The lowest BCUT2D eigenvalue weighted by Crippen LogP contribution is -2.33. The molecule has 35 heavy (non-hydrogen) atoms. The van der Waals surface area contributed by atoms with E-state index in [0.29, 0.717) is 18.9 Å². The molecule has 1 aliphatic heterocycles. The van der Waals surface area contributed by atoms with Gasteiger partial charge in [-0.3, -0.25) is 4.79 Å². The van der Waals surface area contributed by atoms with Crippen molar-refractivity contribution in [3.05, 3.63) is 77.6 Å². The lowest BCUT2D eigenvalue weighted by Gasteiger charge is -2.27. The van der Waals surface area contributed by atoms with Gasteiger partial charge in [0, 0.05) is 29.1 Å². The molecule has 5 rings (SSSR count). The van der Waals surface area contributed by atoms with Gasteiger partial charge >= 0.3 is 0 Å². The van der Waals surface area contributed by atoms with Crippen molar-refractivity contribution in [1.82, 2.24) is 19.3 Å². The van der Waals surface area contributed by atoms with Crippen LogP contribution in [0.1, 0.15) is 28.7 Å². The molecule has 1 atom stereocenters. The summed E-state index contributed by atoms with van der Waals surface area (Å²) in [5.74, 6) is 2.72. The second kappa shape index (κ2) is 10.00.